The van der Waals surface area contributed by atoms with Crippen LogP contribution in [0.4, 0.5) is 0 Å². The zero-order valence-corrected chi connectivity index (χ0v) is 22.3. The molecule has 1 amide bonds. The Hall–Kier alpha value is -2.85. The molecule has 2 aliphatic heterocycles. The number of likely N-dealkylation sites (N-methyl/N-ethyl adjacent to an activating group) is 1. The van der Waals surface area contributed by atoms with Gasteiger partial charge in [-0.05, 0) is 67.7 Å². The van der Waals surface area contributed by atoms with E-state index < -0.39 is 0 Å². The van der Waals surface area contributed by atoms with Gasteiger partial charge in [0.2, 0.25) is 5.91 Å². The summed E-state index contributed by atoms with van der Waals surface area (Å²) in [5.74, 6) is 0.585. The van der Waals surface area contributed by atoms with Crippen molar-refractivity contribution in [2.24, 2.45) is 5.73 Å². The van der Waals surface area contributed by atoms with Gasteiger partial charge < -0.3 is 16.0 Å². The fourth-order valence-corrected chi connectivity index (χ4v) is 6.13. The van der Waals surface area contributed by atoms with Crippen molar-refractivity contribution in [2.45, 2.75) is 30.7 Å². The highest BCUT2D eigenvalue weighted by atomic mass is 35.5. The van der Waals surface area contributed by atoms with Crippen molar-refractivity contribution in [1.29, 1.82) is 0 Å². The molecule has 0 aliphatic carbocycles. The van der Waals surface area contributed by atoms with Crippen LogP contribution in [0, 0.1) is 0 Å². The molecule has 10 heteroatoms. The van der Waals surface area contributed by atoms with Crippen LogP contribution in [0.5, 0.6) is 0 Å². The number of aromatic amines is 1. The number of amides is 1. The number of carbonyl (C=O) groups excluding carboxylic acids is 1. The average Bonchev–Trinajstić information content (AvgIpc) is 3.45. The second-order valence-electron chi connectivity index (χ2n) is 9.23. The normalized spacial score (nSPS) is 20.2. The average molecular weight is 526 g/mol. The van der Waals surface area contributed by atoms with E-state index in [-0.39, 0.29) is 17.2 Å². The van der Waals surface area contributed by atoms with Gasteiger partial charge in [0.15, 0.2) is 5.82 Å². The molecule has 1 saturated heterocycles. The first kappa shape index (κ1) is 26.2. The van der Waals surface area contributed by atoms with E-state index >= 15 is 0 Å². The van der Waals surface area contributed by atoms with Gasteiger partial charge in [0.05, 0.1) is 10.9 Å². The second kappa shape index (κ2) is 11.5. The monoisotopic (exact) mass is 525 g/mol. The van der Waals surface area contributed by atoms with E-state index in [9.17, 15) is 4.79 Å². The lowest BCUT2D eigenvalue weighted by molar-refractivity contribution is -0.118. The number of nitrogens with zero attached hydrogens (tertiary/aromatic N) is 4. The Balaban J connectivity index is 1.73. The van der Waals surface area contributed by atoms with Crippen molar-refractivity contribution in [1.82, 2.24) is 30.3 Å². The Morgan fingerprint density at radius 3 is 2.67 bits per heavy atom. The van der Waals surface area contributed by atoms with E-state index in [1.807, 2.05) is 24.3 Å². The fraction of sp³-hybridized carbons (Fsp3) is 0.346. The second-order valence-corrected chi connectivity index (χ2v) is 10.9. The number of rotatable bonds is 9. The van der Waals surface area contributed by atoms with Gasteiger partial charge in [-0.3, -0.25) is 14.8 Å². The van der Waals surface area contributed by atoms with Crippen LogP contribution in [0.15, 0.2) is 72.4 Å². The first-order chi connectivity index (χ1) is 17.3. The number of hydrogen-bond acceptors (Lipinski definition) is 7. The molecule has 1 aromatic carbocycles. The third-order valence-corrected chi connectivity index (χ3v) is 8.09. The van der Waals surface area contributed by atoms with E-state index in [4.69, 9.17) is 17.3 Å². The molecule has 1 fully saturated rings. The molecule has 2 aromatic rings. The SMILES string of the molecule is C=C(/C=C(\C=C/N)C1CC(C(c2ccc(Cl)cc2)N2CC(N(C)C)C2)=C(c2ncn[nH]2)S1)NC(C)=O. The zero-order chi connectivity index (χ0) is 25.8. The molecule has 4 N–H and O–H groups in total. The number of allylic oxidation sites excluding steroid dienone is 2. The number of nitrogens with two attached hydrogens (primary N) is 1. The Labute approximate surface area is 221 Å². The summed E-state index contributed by atoms with van der Waals surface area (Å²) in [6.07, 6.45) is 7.58. The molecule has 1 aromatic heterocycles. The quantitative estimate of drug-likeness (QED) is 0.429. The molecule has 2 aliphatic rings. The summed E-state index contributed by atoms with van der Waals surface area (Å²) >= 11 is 7.96. The summed E-state index contributed by atoms with van der Waals surface area (Å²) in [5.41, 5.74) is 9.76. The van der Waals surface area contributed by atoms with E-state index in [2.05, 4.69) is 63.1 Å². The molecule has 36 heavy (non-hydrogen) atoms. The highest BCUT2D eigenvalue weighted by Crippen LogP contribution is 2.52. The van der Waals surface area contributed by atoms with Gasteiger partial charge in [-0.1, -0.05) is 30.3 Å². The summed E-state index contributed by atoms with van der Waals surface area (Å²) in [7, 11) is 4.25. The topological polar surface area (TPSA) is 103 Å². The highest BCUT2D eigenvalue weighted by molar-refractivity contribution is 8.09. The largest absolute Gasteiger partial charge is 0.405 e. The maximum atomic E-state index is 11.5. The minimum atomic E-state index is -0.163. The van der Waals surface area contributed by atoms with E-state index in [0.29, 0.717) is 16.8 Å². The van der Waals surface area contributed by atoms with Gasteiger partial charge in [-0.2, -0.15) is 5.10 Å². The third-order valence-electron chi connectivity index (χ3n) is 6.43. The van der Waals surface area contributed by atoms with Crippen LogP contribution in [0.3, 0.4) is 0 Å². The first-order valence-electron chi connectivity index (χ1n) is 11.7. The smallest absolute Gasteiger partial charge is 0.221 e. The lowest BCUT2D eigenvalue weighted by Gasteiger charge is -2.47. The predicted octanol–water partition coefficient (Wildman–Crippen LogP) is 3.71. The molecule has 2 unspecified atom stereocenters. The Morgan fingerprint density at radius 1 is 1.36 bits per heavy atom. The van der Waals surface area contributed by atoms with Crippen LogP contribution in [-0.2, 0) is 4.79 Å². The number of thioether (sulfide) groups is 1. The van der Waals surface area contributed by atoms with Crippen LogP contribution < -0.4 is 11.1 Å². The van der Waals surface area contributed by atoms with Gasteiger partial charge >= 0.3 is 0 Å². The highest BCUT2D eigenvalue weighted by Gasteiger charge is 2.41. The summed E-state index contributed by atoms with van der Waals surface area (Å²) in [6.45, 7) is 7.38. The van der Waals surface area contributed by atoms with Crippen LogP contribution in [0.2, 0.25) is 5.02 Å². The van der Waals surface area contributed by atoms with E-state index in [1.165, 1.54) is 30.6 Å². The van der Waals surface area contributed by atoms with Crippen molar-refractivity contribution < 1.29 is 4.79 Å². The van der Waals surface area contributed by atoms with Gasteiger partial charge in [0, 0.05) is 42.0 Å². The first-order valence-corrected chi connectivity index (χ1v) is 13.0. The lowest BCUT2D eigenvalue weighted by Crippen LogP contribution is -2.58. The standard InChI is InChI=1S/C26H32ClN7OS/c1-16(31-17(2)35)11-19(9-10-28)23-12-22(25(36-23)26-29-15-30-32-26)24(18-5-7-20(27)8-6-18)34-13-21(14-34)33(3)4/h5-11,15,21,23-24H,1,12-14,28H2,2-4H3,(H,31,35)(H,29,30,32)/b10-9-,19-11+. The molecule has 0 radical (unpaired) electrons. The third kappa shape index (κ3) is 5.92. The molecule has 4 rings (SSSR count). The maximum absolute atomic E-state index is 11.5. The van der Waals surface area contributed by atoms with Crippen LogP contribution in [0.25, 0.3) is 4.91 Å². The van der Waals surface area contributed by atoms with Gasteiger partial charge in [-0.15, -0.1) is 11.8 Å². The number of carbonyl (C=O) groups is 1. The van der Waals surface area contributed by atoms with Gasteiger partial charge in [0.1, 0.15) is 6.33 Å². The molecule has 0 spiro atoms. The Morgan fingerprint density at radius 2 is 2.08 bits per heavy atom. The van der Waals surface area contributed by atoms with Gasteiger partial charge in [0.25, 0.3) is 0 Å². The minimum absolute atomic E-state index is 0.0612. The van der Waals surface area contributed by atoms with Crippen molar-refractivity contribution in [3.05, 3.63) is 88.8 Å². The maximum Gasteiger partial charge on any atom is 0.221 e. The number of hydrogen-bond donors (Lipinski definition) is 3. The predicted molar refractivity (Wildman–Crippen MR) is 147 cm³/mol. The number of nitrogens with one attached hydrogen (secondary N) is 2. The fourth-order valence-electron chi connectivity index (χ4n) is 4.62. The molecule has 8 nitrogen and oxygen atoms in total. The summed E-state index contributed by atoms with van der Waals surface area (Å²) in [6, 6.07) is 8.68. The summed E-state index contributed by atoms with van der Waals surface area (Å²) in [5, 5.41) is 10.7. The molecule has 0 bridgehead atoms. The zero-order valence-electron chi connectivity index (χ0n) is 20.7. The number of H-pyrrole nitrogens is 1. The van der Waals surface area contributed by atoms with Crippen molar-refractivity contribution >= 4 is 34.2 Å². The summed E-state index contributed by atoms with van der Waals surface area (Å²) < 4.78 is 0. The number of aromatic nitrogens is 3. The molecule has 3 heterocycles. The van der Waals surface area contributed by atoms with Crippen LogP contribution in [-0.4, -0.2) is 69.4 Å². The van der Waals surface area contributed by atoms with Crippen molar-refractivity contribution in [3.8, 4) is 0 Å². The summed E-state index contributed by atoms with van der Waals surface area (Å²) in [4.78, 5) is 21.9. The molecule has 2 atom stereocenters. The van der Waals surface area contributed by atoms with E-state index in [0.717, 1.165) is 35.8 Å². The number of likely N-dealkylation sites (tertiary alicyclic amines) is 1. The number of halogens is 1. The molecule has 0 saturated carbocycles. The molecule has 190 valence electrons. The Kier molecular flexibility index (Phi) is 8.35. The van der Waals surface area contributed by atoms with E-state index in [1.54, 1.807) is 11.8 Å². The lowest BCUT2D eigenvalue weighted by atomic mass is 9.88. The van der Waals surface area contributed by atoms with Gasteiger partial charge in [-0.25, -0.2) is 4.98 Å². The Bertz CT molecular complexity index is 1180. The van der Waals surface area contributed by atoms with Crippen LogP contribution >= 0.6 is 23.4 Å². The minimum Gasteiger partial charge on any atom is -0.405 e. The number of benzene rings is 1. The van der Waals surface area contributed by atoms with Crippen LogP contribution in [0.1, 0.15) is 30.8 Å². The van der Waals surface area contributed by atoms with Crippen molar-refractivity contribution in [2.75, 3.05) is 27.2 Å². The molecular formula is C26H32ClN7OS. The molecular weight excluding hydrogens is 494 g/mol. The van der Waals surface area contributed by atoms with Crippen molar-refractivity contribution in [3.63, 3.8) is 0 Å².